The van der Waals surface area contributed by atoms with E-state index in [1.54, 1.807) is 0 Å². The summed E-state index contributed by atoms with van der Waals surface area (Å²) in [6.45, 7) is 2.50. The van der Waals surface area contributed by atoms with Crippen LogP contribution in [0, 0.1) is 6.92 Å². The fraction of sp³-hybridized carbons (Fsp3) is 0.160. The standard InChI is InChI=1S/C25H24N4OS/c1-18-9-8-14-21(15-18)26-16-22(30)17-31-25-27-23(19-10-4-2-5-11-19)24(28-29-25)20-12-6-3-7-13-20/h2-15,22,26,30H,16-17H2,1H3. The van der Waals surface area contributed by atoms with Gasteiger partial charge in [-0.25, -0.2) is 4.98 Å². The second kappa shape index (κ2) is 10.2. The fourth-order valence-corrected chi connectivity index (χ4v) is 3.89. The van der Waals surface area contributed by atoms with Gasteiger partial charge in [0.05, 0.1) is 6.10 Å². The summed E-state index contributed by atoms with van der Waals surface area (Å²) in [7, 11) is 0. The zero-order valence-corrected chi connectivity index (χ0v) is 18.1. The molecule has 0 saturated heterocycles. The van der Waals surface area contributed by atoms with Crippen molar-refractivity contribution >= 4 is 17.4 Å². The average molecular weight is 429 g/mol. The number of anilines is 1. The number of aromatic nitrogens is 3. The number of aliphatic hydroxyl groups excluding tert-OH is 1. The highest BCUT2D eigenvalue weighted by Gasteiger charge is 2.14. The molecular formula is C25H24N4OS. The van der Waals surface area contributed by atoms with Gasteiger partial charge in [-0.1, -0.05) is 84.6 Å². The van der Waals surface area contributed by atoms with Crippen molar-refractivity contribution < 1.29 is 5.11 Å². The van der Waals surface area contributed by atoms with E-state index < -0.39 is 6.10 Å². The number of hydrogen-bond acceptors (Lipinski definition) is 6. The summed E-state index contributed by atoms with van der Waals surface area (Å²) in [6, 6.07) is 28.0. The van der Waals surface area contributed by atoms with Crippen LogP contribution in [0.2, 0.25) is 0 Å². The minimum atomic E-state index is -0.539. The summed E-state index contributed by atoms with van der Waals surface area (Å²) in [5, 5.41) is 23.0. The Hall–Kier alpha value is -3.22. The molecule has 4 aromatic rings. The average Bonchev–Trinajstić information content (AvgIpc) is 2.82. The molecular weight excluding hydrogens is 404 g/mol. The lowest BCUT2D eigenvalue weighted by atomic mass is 10.0. The number of nitrogens with zero attached hydrogens (tertiary/aromatic N) is 3. The summed E-state index contributed by atoms with van der Waals surface area (Å²) in [5.74, 6) is 0.472. The molecule has 0 spiro atoms. The maximum absolute atomic E-state index is 10.4. The normalized spacial score (nSPS) is 11.8. The number of benzene rings is 3. The lowest BCUT2D eigenvalue weighted by Gasteiger charge is -2.13. The summed E-state index contributed by atoms with van der Waals surface area (Å²) in [4.78, 5) is 4.78. The lowest BCUT2D eigenvalue weighted by Crippen LogP contribution is -2.22. The number of nitrogens with one attached hydrogen (secondary N) is 1. The van der Waals surface area contributed by atoms with Crippen LogP contribution >= 0.6 is 11.8 Å². The molecule has 4 rings (SSSR count). The maximum Gasteiger partial charge on any atom is 0.209 e. The second-order valence-corrected chi connectivity index (χ2v) is 8.23. The highest BCUT2D eigenvalue weighted by Crippen LogP contribution is 2.29. The van der Waals surface area contributed by atoms with E-state index in [2.05, 4.69) is 21.6 Å². The highest BCUT2D eigenvalue weighted by molar-refractivity contribution is 7.99. The van der Waals surface area contributed by atoms with Gasteiger partial charge in [-0.15, -0.1) is 10.2 Å². The molecule has 5 nitrogen and oxygen atoms in total. The minimum Gasteiger partial charge on any atom is -0.390 e. The van der Waals surface area contributed by atoms with Crippen molar-refractivity contribution in [1.29, 1.82) is 0 Å². The first kappa shape index (κ1) is 21.0. The predicted molar refractivity (Wildman–Crippen MR) is 127 cm³/mol. The van der Waals surface area contributed by atoms with Gasteiger partial charge < -0.3 is 10.4 Å². The molecule has 0 bridgehead atoms. The first-order valence-corrected chi connectivity index (χ1v) is 11.1. The Labute approximate surface area is 186 Å². The molecule has 1 unspecified atom stereocenters. The van der Waals surface area contributed by atoms with E-state index in [0.717, 1.165) is 28.2 Å². The molecule has 0 saturated carbocycles. The molecule has 6 heteroatoms. The van der Waals surface area contributed by atoms with Crippen molar-refractivity contribution in [2.24, 2.45) is 0 Å². The summed E-state index contributed by atoms with van der Waals surface area (Å²) >= 11 is 1.40. The number of thioether (sulfide) groups is 1. The maximum atomic E-state index is 10.4. The quantitative estimate of drug-likeness (QED) is 0.382. The summed E-state index contributed by atoms with van der Waals surface area (Å²) < 4.78 is 0. The van der Waals surface area contributed by atoms with E-state index in [-0.39, 0.29) is 0 Å². The van der Waals surface area contributed by atoms with Crippen LogP contribution in [-0.2, 0) is 0 Å². The second-order valence-electron chi connectivity index (χ2n) is 7.24. The van der Waals surface area contributed by atoms with Gasteiger partial charge in [0.25, 0.3) is 0 Å². The lowest BCUT2D eigenvalue weighted by molar-refractivity contribution is 0.213. The van der Waals surface area contributed by atoms with Crippen LogP contribution in [-0.4, -0.2) is 38.7 Å². The molecule has 0 radical (unpaired) electrons. The van der Waals surface area contributed by atoms with Crippen molar-refractivity contribution in [1.82, 2.24) is 15.2 Å². The van der Waals surface area contributed by atoms with Gasteiger partial charge in [0.1, 0.15) is 11.4 Å². The minimum absolute atomic E-state index is 0.456. The molecule has 156 valence electrons. The molecule has 0 aliphatic heterocycles. The van der Waals surface area contributed by atoms with Crippen molar-refractivity contribution in [2.75, 3.05) is 17.6 Å². The van der Waals surface area contributed by atoms with Crippen molar-refractivity contribution in [3.63, 3.8) is 0 Å². The molecule has 0 aliphatic rings. The molecule has 3 aromatic carbocycles. The van der Waals surface area contributed by atoms with Crippen molar-refractivity contribution in [2.45, 2.75) is 18.2 Å². The smallest absolute Gasteiger partial charge is 0.209 e. The largest absolute Gasteiger partial charge is 0.390 e. The SMILES string of the molecule is Cc1cccc(NCC(O)CSc2nnc(-c3ccccc3)c(-c3ccccc3)n2)c1. The third-order valence-corrected chi connectivity index (χ3v) is 5.71. The zero-order chi connectivity index (χ0) is 21.5. The molecule has 1 aromatic heterocycles. The van der Waals surface area contributed by atoms with Crippen molar-refractivity contribution in [3.8, 4) is 22.5 Å². The topological polar surface area (TPSA) is 70.9 Å². The predicted octanol–water partition coefficient (Wildman–Crippen LogP) is 5.08. The summed E-state index contributed by atoms with van der Waals surface area (Å²) in [6.07, 6.45) is -0.539. The van der Waals surface area contributed by atoms with E-state index in [0.29, 0.717) is 17.5 Å². The molecule has 1 heterocycles. The van der Waals surface area contributed by atoms with Crippen LogP contribution in [0.3, 0.4) is 0 Å². The zero-order valence-electron chi connectivity index (χ0n) is 17.3. The number of aryl methyl sites for hydroxylation is 1. The van der Waals surface area contributed by atoms with E-state index in [1.165, 1.54) is 17.3 Å². The Morgan fingerprint density at radius 3 is 2.19 bits per heavy atom. The first-order valence-electron chi connectivity index (χ1n) is 10.2. The Morgan fingerprint density at radius 1 is 0.839 bits per heavy atom. The number of aliphatic hydroxyl groups is 1. The van der Waals surface area contributed by atoms with E-state index in [9.17, 15) is 5.11 Å². The summed E-state index contributed by atoms with van der Waals surface area (Å²) in [5.41, 5.74) is 5.68. The van der Waals surface area contributed by atoms with Gasteiger partial charge in [0.15, 0.2) is 0 Å². The van der Waals surface area contributed by atoms with E-state index in [1.807, 2.05) is 85.8 Å². The molecule has 0 aliphatic carbocycles. The Balaban J connectivity index is 1.47. The molecule has 1 atom stereocenters. The molecule has 2 N–H and O–H groups in total. The molecule has 0 amide bonds. The fourth-order valence-electron chi connectivity index (χ4n) is 3.18. The van der Waals surface area contributed by atoms with Gasteiger partial charge in [-0.05, 0) is 24.6 Å². The first-order chi connectivity index (χ1) is 15.2. The van der Waals surface area contributed by atoms with Crippen molar-refractivity contribution in [3.05, 3.63) is 90.5 Å². The van der Waals surface area contributed by atoms with Crippen LogP contribution in [0.4, 0.5) is 5.69 Å². The molecule has 31 heavy (non-hydrogen) atoms. The Bertz CT molecular complexity index is 1120. The van der Waals surface area contributed by atoms with Gasteiger partial charge >= 0.3 is 0 Å². The van der Waals surface area contributed by atoms with Crippen LogP contribution in [0.1, 0.15) is 5.56 Å². The van der Waals surface area contributed by atoms with Gasteiger partial charge in [-0.3, -0.25) is 0 Å². The van der Waals surface area contributed by atoms with E-state index in [4.69, 9.17) is 4.98 Å². The Morgan fingerprint density at radius 2 is 1.52 bits per heavy atom. The van der Waals surface area contributed by atoms with Gasteiger partial charge in [0.2, 0.25) is 5.16 Å². The number of rotatable bonds is 8. The highest BCUT2D eigenvalue weighted by atomic mass is 32.2. The van der Waals surface area contributed by atoms with Gasteiger partial charge in [-0.2, -0.15) is 0 Å². The number of hydrogen-bond donors (Lipinski definition) is 2. The Kier molecular flexibility index (Phi) is 6.92. The van der Waals surface area contributed by atoms with E-state index >= 15 is 0 Å². The third-order valence-electron chi connectivity index (χ3n) is 4.73. The monoisotopic (exact) mass is 428 g/mol. The van der Waals surface area contributed by atoms with Crippen LogP contribution in [0.25, 0.3) is 22.5 Å². The third kappa shape index (κ3) is 5.69. The van der Waals surface area contributed by atoms with Crippen LogP contribution < -0.4 is 5.32 Å². The van der Waals surface area contributed by atoms with Gasteiger partial charge in [0, 0.05) is 29.1 Å². The molecule has 0 fully saturated rings. The van der Waals surface area contributed by atoms with Crippen LogP contribution in [0.15, 0.2) is 90.1 Å². The van der Waals surface area contributed by atoms with Crippen LogP contribution in [0.5, 0.6) is 0 Å².